The van der Waals surface area contributed by atoms with Crippen molar-refractivity contribution in [1.29, 1.82) is 0 Å². The van der Waals surface area contributed by atoms with E-state index in [9.17, 15) is 9.59 Å². The fourth-order valence-corrected chi connectivity index (χ4v) is 1.82. The summed E-state index contributed by atoms with van der Waals surface area (Å²) in [5.74, 6) is -1.24. The van der Waals surface area contributed by atoms with Gasteiger partial charge in [-0.2, -0.15) is 0 Å². The summed E-state index contributed by atoms with van der Waals surface area (Å²) in [4.78, 5) is 21.8. The van der Waals surface area contributed by atoms with E-state index in [1.54, 1.807) is 0 Å². The Balaban J connectivity index is 2.67. The largest absolute Gasteiger partial charge is 0.481 e. The van der Waals surface area contributed by atoms with Crippen molar-refractivity contribution in [3.8, 4) is 0 Å². The van der Waals surface area contributed by atoms with E-state index >= 15 is 0 Å². The van der Waals surface area contributed by atoms with E-state index in [2.05, 4.69) is 21.2 Å². The second-order valence-corrected chi connectivity index (χ2v) is 4.51. The minimum Gasteiger partial charge on any atom is -0.481 e. The molecule has 0 heterocycles. The number of amides is 1. The lowest BCUT2D eigenvalue weighted by molar-refractivity contribution is -0.138. The highest BCUT2D eigenvalue weighted by Crippen LogP contribution is 2.21. The van der Waals surface area contributed by atoms with Gasteiger partial charge in [-0.05, 0) is 30.2 Å². The summed E-state index contributed by atoms with van der Waals surface area (Å²) >= 11 is 3.36. The first-order valence-electron chi connectivity index (χ1n) is 5.33. The van der Waals surface area contributed by atoms with Crippen molar-refractivity contribution in [3.05, 3.63) is 28.2 Å². The van der Waals surface area contributed by atoms with Gasteiger partial charge in [0.25, 0.3) is 0 Å². The maximum absolute atomic E-state index is 11.5. The van der Waals surface area contributed by atoms with E-state index in [1.807, 2.05) is 25.1 Å². The lowest BCUT2D eigenvalue weighted by Crippen LogP contribution is -2.14. The molecular formula is C12H14BrNO3. The van der Waals surface area contributed by atoms with Gasteiger partial charge in [-0.1, -0.05) is 22.9 Å². The molecule has 0 spiro atoms. The molecule has 0 bridgehead atoms. The van der Waals surface area contributed by atoms with E-state index < -0.39 is 5.97 Å². The highest BCUT2D eigenvalue weighted by atomic mass is 79.9. The molecule has 1 aromatic rings. The summed E-state index contributed by atoms with van der Waals surface area (Å²) in [5, 5.41) is 11.2. The predicted octanol–water partition coefficient (Wildman–Crippen LogP) is 2.81. The Bertz CT molecular complexity index is 432. The number of carbonyl (C=O) groups is 2. The molecule has 1 aromatic carbocycles. The fraction of sp³-hybridized carbons (Fsp3) is 0.333. The topological polar surface area (TPSA) is 66.4 Å². The van der Waals surface area contributed by atoms with Crippen molar-refractivity contribution in [2.45, 2.75) is 26.2 Å². The average molecular weight is 300 g/mol. The summed E-state index contributed by atoms with van der Waals surface area (Å²) < 4.78 is 0.956. The van der Waals surface area contributed by atoms with E-state index in [-0.39, 0.29) is 18.7 Å². The number of hydrogen-bond acceptors (Lipinski definition) is 2. The summed E-state index contributed by atoms with van der Waals surface area (Å²) in [6.45, 7) is 1.99. The summed E-state index contributed by atoms with van der Waals surface area (Å²) in [6.07, 6.45) is 0.645. The van der Waals surface area contributed by atoms with Gasteiger partial charge in [0.15, 0.2) is 0 Å². The van der Waals surface area contributed by atoms with Gasteiger partial charge in [0, 0.05) is 16.6 Å². The van der Waals surface area contributed by atoms with Crippen LogP contribution in [0.1, 0.15) is 25.3 Å². The third kappa shape index (κ3) is 4.56. The Morgan fingerprint density at radius 3 is 2.65 bits per heavy atom. The number of aliphatic carboxylic acids is 1. The third-order valence-electron chi connectivity index (χ3n) is 2.29. The average Bonchev–Trinajstić information content (AvgIpc) is 2.28. The van der Waals surface area contributed by atoms with Crippen LogP contribution in [0.25, 0.3) is 0 Å². The first-order chi connectivity index (χ1) is 8.02. The van der Waals surface area contributed by atoms with Crippen molar-refractivity contribution >= 4 is 33.5 Å². The molecular weight excluding hydrogens is 286 g/mol. The molecule has 1 amide bonds. The van der Waals surface area contributed by atoms with Crippen molar-refractivity contribution in [2.24, 2.45) is 0 Å². The molecule has 2 N–H and O–H groups in total. The van der Waals surface area contributed by atoms with Gasteiger partial charge >= 0.3 is 5.97 Å². The highest BCUT2D eigenvalue weighted by molar-refractivity contribution is 9.10. The first-order valence-corrected chi connectivity index (χ1v) is 6.12. The van der Waals surface area contributed by atoms with Gasteiger partial charge in [-0.15, -0.1) is 0 Å². The number of carboxylic acids is 1. The zero-order chi connectivity index (χ0) is 12.8. The van der Waals surface area contributed by atoms with Crippen LogP contribution in [0.15, 0.2) is 22.7 Å². The maximum atomic E-state index is 11.5. The van der Waals surface area contributed by atoms with E-state index in [0.717, 1.165) is 22.1 Å². The zero-order valence-corrected chi connectivity index (χ0v) is 11.1. The number of halogens is 1. The van der Waals surface area contributed by atoms with Crippen LogP contribution in [0.5, 0.6) is 0 Å². The number of carboxylic acid groups (broad SMARTS) is 1. The van der Waals surface area contributed by atoms with Gasteiger partial charge in [0.2, 0.25) is 5.91 Å². The van der Waals surface area contributed by atoms with Crippen molar-refractivity contribution in [3.63, 3.8) is 0 Å². The minimum atomic E-state index is -0.966. The molecule has 5 heteroatoms. The quantitative estimate of drug-likeness (QED) is 0.878. The Hall–Kier alpha value is -1.36. The molecule has 0 saturated carbocycles. The Morgan fingerprint density at radius 1 is 1.35 bits per heavy atom. The Morgan fingerprint density at radius 2 is 2.06 bits per heavy atom. The van der Waals surface area contributed by atoms with E-state index in [4.69, 9.17) is 5.11 Å². The van der Waals surface area contributed by atoms with Gasteiger partial charge < -0.3 is 10.4 Å². The van der Waals surface area contributed by atoms with Gasteiger partial charge in [0.1, 0.15) is 0 Å². The van der Waals surface area contributed by atoms with Crippen LogP contribution in [0.3, 0.4) is 0 Å². The van der Waals surface area contributed by atoms with Crippen molar-refractivity contribution < 1.29 is 14.7 Å². The van der Waals surface area contributed by atoms with Crippen LogP contribution in [-0.4, -0.2) is 17.0 Å². The van der Waals surface area contributed by atoms with Crippen molar-refractivity contribution in [2.75, 3.05) is 5.32 Å². The van der Waals surface area contributed by atoms with E-state index in [0.29, 0.717) is 0 Å². The predicted molar refractivity (Wildman–Crippen MR) is 69.0 cm³/mol. The molecule has 0 radical (unpaired) electrons. The second kappa shape index (κ2) is 6.39. The van der Waals surface area contributed by atoms with Crippen LogP contribution < -0.4 is 5.32 Å². The fourth-order valence-electron chi connectivity index (χ4n) is 1.41. The lowest BCUT2D eigenvalue weighted by Gasteiger charge is -2.09. The molecule has 0 saturated heterocycles. The van der Waals surface area contributed by atoms with E-state index in [1.165, 1.54) is 0 Å². The number of aryl methyl sites for hydroxylation is 1. The third-order valence-corrected chi connectivity index (χ3v) is 2.78. The number of carbonyl (C=O) groups excluding carboxylic acids is 1. The molecule has 0 atom stereocenters. The molecule has 0 unspecified atom stereocenters. The minimum absolute atomic E-state index is 0.00541. The van der Waals surface area contributed by atoms with Crippen molar-refractivity contribution in [1.82, 2.24) is 0 Å². The molecule has 17 heavy (non-hydrogen) atoms. The molecule has 0 aliphatic rings. The number of rotatable bonds is 5. The number of anilines is 1. The van der Waals surface area contributed by atoms with Crippen LogP contribution in [0.4, 0.5) is 5.69 Å². The van der Waals surface area contributed by atoms with Crippen LogP contribution in [0.2, 0.25) is 0 Å². The monoisotopic (exact) mass is 299 g/mol. The molecule has 1 rings (SSSR count). The van der Waals surface area contributed by atoms with Gasteiger partial charge in [-0.3, -0.25) is 9.59 Å². The molecule has 4 nitrogen and oxygen atoms in total. The normalized spacial score (nSPS) is 10.0. The maximum Gasteiger partial charge on any atom is 0.303 e. The number of hydrogen-bond donors (Lipinski definition) is 2. The summed E-state index contributed by atoms with van der Waals surface area (Å²) in [6, 6.07) is 5.58. The zero-order valence-electron chi connectivity index (χ0n) is 9.50. The second-order valence-electron chi connectivity index (χ2n) is 3.60. The smallest absolute Gasteiger partial charge is 0.303 e. The van der Waals surface area contributed by atoms with Crippen LogP contribution in [-0.2, 0) is 16.0 Å². The van der Waals surface area contributed by atoms with Gasteiger partial charge in [-0.25, -0.2) is 0 Å². The molecule has 0 fully saturated rings. The van der Waals surface area contributed by atoms with Crippen LogP contribution in [0, 0.1) is 0 Å². The number of nitrogens with one attached hydrogen (secondary N) is 1. The number of benzene rings is 1. The molecule has 0 aliphatic carbocycles. The molecule has 0 aliphatic heterocycles. The summed E-state index contributed by atoms with van der Waals surface area (Å²) in [7, 11) is 0. The first kappa shape index (κ1) is 13.7. The SMILES string of the molecule is CCc1cc(Br)ccc1NC(=O)CCC(=O)O. The molecule has 92 valence electrons. The lowest BCUT2D eigenvalue weighted by atomic mass is 10.1. The molecule has 0 aromatic heterocycles. The van der Waals surface area contributed by atoms with Crippen LogP contribution >= 0.6 is 15.9 Å². The highest BCUT2D eigenvalue weighted by Gasteiger charge is 2.08. The Kier molecular flexibility index (Phi) is 5.15. The standard InChI is InChI=1S/C12H14BrNO3/c1-2-8-7-9(13)3-4-10(8)14-11(15)5-6-12(16)17/h3-4,7H,2,5-6H2,1H3,(H,14,15)(H,16,17). The van der Waals surface area contributed by atoms with Gasteiger partial charge in [0.05, 0.1) is 6.42 Å². The Labute approximate surface area is 108 Å². The summed E-state index contributed by atoms with van der Waals surface area (Å²) in [5.41, 5.74) is 1.76.